The fraction of sp³-hybridized carbons (Fsp3) is 0.667. The molecule has 0 fully saturated rings. The smallest absolute Gasteiger partial charge is 0.0996 e. The Kier molecular flexibility index (Phi) is 11.4. The van der Waals surface area contributed by atoms with E-state index < -0.39 is 0 Å². The van der Waals surface area contributed by atoms with E-state index in [4.69, 9.17) is 0 Å². The van der Waals surface area contributed by atoms with E-state index >= 15 is 0 Å². The standard InChI is InChI=1S/C18H30N10O3.Cu/c29-7-1-4-16(13-10-19-25-22-13)28(17(5-2-8-30)14-11-20-26-23-14)18(6-3-9-31)15-12-21-27-24-15;/h10-12,16-18,29-31H,1-9H2,(H,19,22,25)(H,20,23,26)(H,21,24,27);. The van der Waals surface area contributed by atoms with E-state index in [2.05, 4.69) is 51.1 Å². The second-order valence-corrected chi connectivity index (χ2v) is 7.28. The molecule has 0 bridgehead atoms. The van der Waals surface area contributed by atoms with Crippen LogP contribution in [-0.2, 0) is 17.1 Å². The summed E-state index contributed by atoms with van der Waals surface area (Å²) in [5.41, 5.74) is 2.18. The summed E-state index contributed by atoms with van der Waals surface area (Å²) < 4.78 is 0. The van der Waals surface area contributed by atoms with Crippen molar-refractivity contribution in [3.63, 3.8) is 0 Å². The number of hydrogen-bond acceptors (Lipinski definition) is 10. The Balaban J connectivity index is 0.00000363. The Morgan fingerprint density at radius 3 is 1.16 bits per heavy atom. The van der Waals surface area contributed by atoms with Crippen LogP contribution in [-0.4, -0.2) is 86.3 Å². The van der Waals surface area contributed by atoms with Crippen molar-refractivity contribution in [3.8, 4) is 0 Å². The SMILES string of the molecule is OCCCC(c1cn[nH]n1)N(C(CCCO)c1cn[nH]n1)C(CCCO)c1cn[nH]n1.[Cu]. The molecule has 0 aliphatic rings. The van der Waals surface area contributed by atoms with Gasteiger partial charge in [0.15, 0.2) is 0 Å². The quantitative estimate of drug-likeness (QED) is 0.158. The average Bonchev–Trinajstić information content (AvgIpc) is 3.57. The van der Waals surface area contributed by atoms with E-state index in [1.54, 1.807) is 18.6 Å². The summed E-state index contributed by atoms with van der Waals surface area (Å²) >= 11 is 0. The molecule has 3 aromatic heterocycles. The van der Waals surface area contributed by atoms with Crippen LogP contribution >= 0.6 is 0 Å². The van der Waals surface area contributed by atoms with Crippen molar-refractivity contribution >= 4 is 0 Å². The minimum absolute atomic E-state index is 0. The minimum atomic E-state index is -0.230. The van der Waals surface area contributed by atoms with Crippen molar-refractivity contribution in [2.24, 2.45) is 0 Å². The van der Waals surface area contributed by atoms with E-state index in [0.717, 1.165) is 17.1 Å². The first-order valence-electron chi connectivity index (χ1n) is 10.5. The van der Waals surface area contributed by atoms with Gasteiger partial charge in [-0.3, -0.25) is 4.90 Å². The van der Waals surface area contributed by atoms with Gasteiger partial charge in [0.2, 0.25) is 0 Å². The van der Waals surface area contributed by atoms with Crippen LogP contribution in [0.2, 0.25) is 0 Å². The summed E-state index contributed by atoms with van der Waals surface area (Å²) in [6.45, 7) is 0.121. The molecule has 13 nitrogen and oxygen atoms in total. The maximum atomic E-state index is 9.54. The van der Waals surface area contributed by atoms with Gasteiger partial charge in [0.1, 0.15) is 0 Å². The number of aromatic nitrogens is 9. The average molecular weight is 498 g/mol. The van der Waals surface area contributed by atoms with Crippen molar-refractivity contribution in [1.82, 2.24) is 51.1 Å². The zero-order valence-corrected chi connectivity index (χ0v) is 18.5. The summed E-state index contributed by atoms with van der Waals surface area (Å²) in [5.74, 6) is 0. The maximum Gasteiger partial charge on any atom is 0.0996 e. The molecule has 3 heterocycles. The van der Waals surface area contributed by atoms with Crippen LogP contribution in [0.5, 0.6) is 0 Å². The zero-order chi connectivity index (χ0) is 21.9. The van der Waals surface area contributed by atoms with Crippen LogP contribution in [0.25, 0.3) is 0 Å². The largest absolute Gasteiger partial charge is 0.396 e. The Bertz CT molecular complexity index is 708. The molecule has 3 atom stereocenters. The van der Waals surface area contributed by atoms with Gasteiger partial charge in [-0.1, -0.05) is 0 Å². The summed E-state index contributed by atoms with van der Waals surface area (Å²) in [5, 5.41) is 61.6. The van der Waals surface area contributed by atoms with Crippen LogP contribution in [0, 0.1) is 0 Å². The van der Waals surface area contributed by atoms with Gasteiger partial charge >= 0.3 is 0 Å². The van der Waals surface area contributed by atoms with Crippen LogP contribution < -0.4 is 0 Å². The molecule has 0 spiro atoms. The Hall–Kier alpha value is -2.22. The number of aliphatic hydroxyl groups is 3. The first-order chi connectivity index (χ1) is 15.3. The van der Waals surface area contributed by atoms with Gasteiger partial charge in [-0.15, -0.1) is 0 Å². The van der Waals surface area contributed by atoms with Gasteiger partial charge < -0.3 is 15.3 Å². The molecule has 32 heavy (non-hydrogen) atoms. The maximum absolute atomic E-state index is 9.54. The molecular weight excluding hydrogens is 468 g/mol. The molecule has 3 unspecified atom stereocenters. The van der Waals surface area contributed by atoms with Crippen molar-refractivity contribution in [3.05, 3.63) is 35.7 Å². The van der Waals surface area contributed by atoms with Crippen molar-refractivity contribution in [1.29, 1.82) is 0 Å². The first kappa shape index (κ1) is 26.0. The molecule has 14 heteroatoms. The Morgan fingerprint density at radius 2 is 0.938 bits per heavy atom. The fourth-order valence-electron chi connectivity index (χ4n) is 3.97. The molecule has 181 valence electrons. The van der Waals surface area contributed by atoms with Gasteiger partial charge in [0.25, 0.3) is 0 Å². The van der Waals surface area contributed by atoms with Gasteiger partial charge in [-0.25, -0.2) is 0 Å². The van der Waals surface area contributed by atoms with E-state index in [9.17, 15) is 15.3 Å². The zero-order valence-electron chi connectivity index (χ0n) is 17.6. The summed E-state index contributed by atoms with van der Waals surface area (Å²) in [4.78, 5) is 2.23. The predicted octanol–water partition coefficient (Wildman–Crippen LogP) is 0.182. The predicted molar refractivity (Wildman–Crippen MR) is 108 cm³/mol. The number of nitrogens with one attached hydrogen (secondary N) is 3. The molecule has 0 aromatic carbocycles. The molecule has 0 amide bonds. The third-order valence-corrected chi connectivity index (χ3v) is 5.31. The van der Waals surface area contributed by atoms with Crippen LogP contribution in [0.4, 0.5) is 0 Å². The molecule has 0 saturated carbocycles. The molecule has 3 rings (SSSR count). The monoisotopic (exact) mass is 497 g/mol. The first-order valence-corrected chi connectivity index (χ1v) is 10.5. The van der Waals surface area contributed by atoms with Gasteiger partial charge in [0, 0.05) is 36.9 Å². The number of aromatic amines is 3. The summed E-state index contributed by atoms with van der Waals surface area (Å²) in [7, 11) is 0. The molecule has 0 aliphatic carbocycles. The minimum Gasteiger partial charge on any atom is -0.396 e. The van der Waals surface area contributed by atoms with Gasteiger partial charge in [0.05, 0.1) is 53.8 Å². The number of hydrogen-bond donors (Lipinski definition) is 6. The van der Waals surface area contributed by atoms with Crippen LogP contribution in [0.3, 0.4) is 0 Å². The van der Waals surface area contributed by atoms with E-state index in [1.807, 2.05) is 0 Å². The number of aliphatic hydroxyl groups excluding tert-OH is 3. The van der Waals surface area contributed by atoms with Crippen molar-refractivity contribution < 1.29 is 32.4 Å². The third kappa shape index (κ3) is 6.64. The number of rotatable bonds is 15. The van der Waals surface area contributed by atoms with E-state index in [1.165, 1.54) is 0 Å². The topological polar surface area (TPSA) is 189 Å². The Labute approximate surface area is 195 Å². The molecule has 0 aliphatic heterocycles. The third-order valence-electron chi connectivity index (χ3n) is 5.31. The molecular formula is C18H30CuN10O3. The summed E-state index contributed by atoms with van der Waals surface area (Å²) in [6.07, 6.45) is 8.55. The molecule has 1 radical (unpaired) electrons. The van der Waals surface area contributed by atoms with E-state index in [0.29, 0.717) is 38.5 Å². The number of nitrogens with zero attached hydrogens (tertiary/aromatic N) is 7. The normalized spacial score (nSPS) is 14.2. The Morgan fingerprint density at radius 1 is 0.625 bits per heavy atom. The molecule has 0 saturated heterocycles. The van der Waals surface area contributed by atoms with Gasteiger partial charge in [-0.2, -0.15) is 46.2 Å². The summed E-state index contributed by atoms with van der Waals surface area (Å²) in [6, 6.07) is -0.690. The molecule has 6 N–H and O–H groups in total. The second kappa shape index (κ2) is 14.0. The van der Waals surface area contributed by atoms with Gasteiger partial charge in [-0.05, 0) is 38.5 Å². The van der Waals surface area contributed by atoms with Crippen LogP contribution in [0.1, 0.15) is 73.7 Å². The van der Waals surface area contributed by atoms with Crippen molar-refractivity contribution in [2.75, 3.05) is 19.8 Å². The van der Waals surface area contributed by atoms with Crippen molar-refractivity contribution in [2.45, 2.75) is 56.7 Å². The fourth-order valence-corrected chi connectivity index (χ4v) is 3.97. The molecule has 3 aromatic rings. The van der Waals surface area contributed by atoms with E-state index in [-0.39, 0.29) is 55.0 Å². The second-order valence-electron chi connectivity index (χ2n) is 7.28. The number of H-pyrrole nitrogens is 3. The van der Waals surface area contributed by atoms with Crippen LogP contribution in [0.15, 0.2) is 18.6 Å².